The summed E-state index contributed by atoms with van der Waals surface area (Å²) in [7, 11) is -4.82. The van der Waals surface area contributed by atoms with Gasteiger partial charge in [0.1, 0.15) is 17.6 Å². The molecule has 2 aromatic rings. The summed E-state index contributed by atoms with van der Waals surface area (Å²) in [6, 6.07) is 6.03. The van der Waals surface area contributed by atoms with Gasteiger partial charge in [0.15, 0.2) is 11.6 Å². The van der Waals surface area contributed by atoms with Crippen molar-refractivity contribution in [1.29, 1.82) is 0 Å². The molecule has 0 unspecified atom stereocenters. The number of halogens is 2. The van der Waals surface area contributed by atoms with Gasteiger partial charge in [0, 0.05) is 30.1 Å². The highest BCUT2D eigenvalue weighted by Crippen LogP contribution is 2.31. The summed E-state index contributed by atoms with van der Waals surface area (Å²) in [6.07, 6.45) is 0. The maximum Gasteiger partial charge on any atom is 0.289 e. The van der Waals surface area contributed by atoms with Crippen molar-refractivity contribution in [2.45, 2.75) is 29.5 Å². The molecule has 1 heterocycles. The number of carbonyl (C=O) groups is 1. The topological polar surface area (TPSA) is 122 Å². The fraction of sp³-hybridized carbons (Fsp3) is 0.435. The van der Waals surface area contributed by atoms with E-state index >= 15 is 0 Å². The van der Waals surface area contributed by atoms with E-state index in [1.54, 1.807) is 13.8 Å². The maximum atomic E-state index is 14.6. The minimum absolute atomic E-state index is 0.129. The molecule has 0 saturated carbocycles. The summed E-state index contributed by atoms with van der Waals surface area (Å²) in [6.45, 7) is 7.03. The first-order valence-corrected chi connectivity index (χ1v) is 13.5. The number of hydrogen-bond acceptors (Lipinski definition) is 9. The molecule has 1 aliphatic rings. The molecule has 3 N–H and O–H groups in total. The van der Waals surface area contributed by atoms with Crippen LogP contribution in [-0.4, -0.2) is 78.3 Å². The Morgan fingerprint density at radius 3 is 2.47 bits per heavy atom. The highest BCUT2D eigenvalue weighted by atomic mass is 32.2. The summed E-state index contributed by atoms with van der Waals surface area (Å²) in [5, 5.41) is 10.3. The molecule has 13 heteroatoms. The molecule has 198 valence electrons. The van der Waals surface area contributed by atoms with E-state index in [0.717, 1.165) is 43.9 Å². The highest BCUT2D eigenvalue weighted by Gasteiger charge is 2.40. The van der Waals surface area contributed by atoms with Crippen molar-refractivity contribution in [3.63, 3.8) is 0 Å². The van der Waals surface area contributed by atoms with Crippen LogP contribution in [0.25, 0.3) is 0 Å². The number of amides is 1. The third kappa shape index (κ3) is 6.93. The van der Waals surface area contributed by atoms with Crippen LogP contribution < -0.4 is 10.5 Å². The number of hydrogen-bond donors (Lipinski definition) is 2. The third-order valence-corrected chi connectivity index (χ3v) is 8.53. The van der Waals surface area contributed by atoms with Crippen molar-refractivity contribution >= 4 is 27.7 Å². The largest absolute Gasteiger partial charge is 0.454 e. The second-order valence-electron chi connectivity index (χ2n) is 8.62. The van der Waals surface area contributed by atoms with Crippen LogP contribution >= 0.6 is 11.8 Å². The van der Waals surface area contributed by atoms with E-state index in [0.29, 0.717) is 25.0 Å². The summed E-state index contributed by atoms with van der Waals surface area (Å²) in [5.74, 6) is -2.38. The zero-order valence-electron chi connectivity index (χ0n) is 19.9. The zero-order valence-corrected chi connectivity index (χ0v) is 21.5. The fourth-order valence-electron chi connectivity index (χ4n) is 3.34. The Morgan fingerprint density at radius 1 is 1.22 bits per heavy atom. The zero-order chi connectivity index (χ0) is 26.5. The third-order valence-electron chi connectivity index (χ3n) is 5.66. The minimum Gasteiger partial charge on any atom is -0.454 e. The standard InChI is InChI=1S/C23H29F2N3O6S2/c1-23(2,35-14-11-27-9-12-33-13-10-27)21(26)22(29)28(30)36(31,32)18-7-8-20(19(25)15-18)34-17-5-3-16(24)4-6-17/h3-8,15,21,30H,9-14,26H2,1-2H3/t21-/m0/s1. The molecular formula is C23H29F2N3O6S2. The van der Waals surface area contributed by atoms with Crippen LogP contribution in [0.2, 0.25) is 0 Å². The monoisotopic (exact) mass is 545 g/mol. The Hall–Kier alpha value is -2.29. The number of sulfonamides is 1. The van der Waals surface area contributed by atoms with Gasteiger partial charge in [0.2, 0.25) is 0 Å². The Morgan fingerprint density at radius 2 is 1.86 bits per heavy atom. The average molecular weight is 546 g/mol. The second-order valence-corrected chi connectivity index (χ2v) is 12.1. The number of morpholine rings is 1. The predicted octanol–water partition coefficient (Wildman–Crippen LogP) is 2.83. The van der Waals surface area contributed by atoms with E-state index in [2.05, 4.69) is 4.90 Å². The number of carbonyl (C=O) groups excluding carboxylic acids is 1. The summed E-state index contributed by atoms with van der Waals surface area (Å²) in [4.78, 5) is 14.3. The van der Waals surface area contributed by atoms with Gasteiger partial charge in [0.25, 0.3) is 15.9 Å². The van der Waals surface area contributed by atoms with Crippen molar-refractivity contribution in [2.75, 3.05) is 38.6 Å². The molecule has 0 aromatic heterocycles. The molecule has 1 aliphatic heterocycles. The number of benzene rings is 2. The number of ether oxygens (including phenoxy) is 2. The molecule has 1 amide bonds. The minimum atomic E-state index is -4.82. The molecule has 0 aliphatic carbocycles. The van der Waals surface area contributed by atoms with Crippen molar-refractivity contribution in [1.82, 2.24) is 9.37 Å². The summed E-state index contributed by atoms with van der Waals surface area (Å²) < 4.78 is 62.5. The lowest BCUT2D eigenvalue weighted by molar-refractivity contribution is -0.148. The van der Waals surface area contributed by atoms with Gasteiger partial charge in [-0.05, 0) is 56.3 Å². The molecule has 3 rings (SSSR count). The van der Waals surface area contributed by atoms with Crippen LogP contribution in [0.3, 0.4) is 0 Å². The van der Waals surface area contributed by atoms with E-state index < -0.39 is 47.7 Å². The smallest absolute Gasteiger partial charge is 0.289 e. The van der Waals surface area contributed by atoms with Gasteiger partial charge in [-0.3, -0.25) is 14.9 Å². The van der Waals surface area contributed by atoms with Crippen LogP contribution in [0.4, 0.5) is 8.78 Å². The van der Waals surface area contributed by atoms with E-state index in [9.17, 15) is 27.2 Å². The molecule has 2 aromatic carbocycles. The van der Waals surface area contributed by atoms with Crippen LogP contribution in [-0.2, 0) is 19.6 Å². The van der Waals surface area contributed by atoms with Gasteiger partial charge in [-0.15, -0.1) is 4.47 Å². The molecule has 9 nitrogen and oxygen atoms in total. The van der Waals surface area contributed by atoms with Crippen LogP contribution in [0.5, 0.6) is 11.5 Å². The van der Waals surface area contributed by atoms with E-state index in [1.165, 1.54) is 23.9 Å². The maximum absolute atomic E-state index is 14.6. The SMILES string of the molecule is CC(C)(SCCN1CCOCC1)[C@@H](N)C(=O)N(O)S(=O)(=O)c1ccc(Oc2ccc(F)cc2)c(F)c1. The molecule has 1 atom stereocenters. The Balaban J connectivity index is 1.65. The van der Waals surface area contributed by atoms with Gasteiger partial charge in [-0.2, -0.15) is 20.2 Å². The summed E-state index contributed by atoms with van der Waals surface area (Å²) >= 11 is 1.38. The van der Waals surface area contributed by atoms with Crippen molar-refractivity contribution in [3.05, 3.63) is 54.1 Å². The highest BCUT2D eigenvalue weighted by molar-refractivity contribution is 8.00. The molecule has 0 spiro atoms. The Labute approximate surface area is 213 Å². The van der Waals surface area contributed by atoms with E-state index in [-0.39, 0.29) is 11.5 Å². The van der Waals surface area contributed by atoms with Crippen LogP contribution in [0, 0.1) is 11.6 Å². The number of thioether (sulfide) groups is 1. The second kappa shape index (κ2) is 11.8. The van der Waals surface area contributed by atoms with Crippen molar-refractivity contribution in [3.8, 4) is 11.5 Å². The van der Waals surface area contributed by atoms with Gasteiger partial charge >= 0.3 is 0 Å². The summed E-state index contributed by atoms with van der Waals surface area (Å²) in [5.41, 5.74) is 6.05. The number of nitrogens with two attached hydrogens (primary N) is 1. The van der Waals surface area contributed by atoms with Gasteiger partial charge in [0.05, 0.1) is 18.1 Å². The molecule has 0 bridgehead atoms. The van der Waals surface area contributed by atoms with E-state index in [1.807, 2.05) is 0 Å². The molecule has 0 radical (unpaired) electrons. The first-order valence-electron chi connectivity index (χ1n) is 11.1. The van der Waals surface area contributed by atoms with Crippen molar-refractivity contribution < 1.29 is 36.7 Å². The van der Waals surface area contributed by atoms with Gasteiger partial charge in [-0.1, -0.05) is 0 Å². The van der Waals surface area contributed by atoms with Crippen molar-refractivity contribution in [2.24, 2.45) is 5.73 Å². The van der Waals surface area contributed by atoms with Gasteiger partial charge in [-0.25, -0.2) is 8.78 Å². The quantitative estimate of drug-likeness (QED) is 0.343. The normalized spacial score (nSPS) is 15.9. The lowest BCUT2D eigenvalue weighted by Crippen LogP contribution is -2.54. The molecular weight excluding hydrogens is 516 g/mol. The number of hydroxylamine groups is 1. The Bertz CT molecular complexity index is 1160. The number of nitrogens with zero attached hydrogens (tertiary/aromatic N) is 2. The lowest BCUT2D eigenvalue weighted by Gasteiger charge is -2.33. The van der Waals surface area contributed by atoms with Crippen LogP contribution in [0.15, 0.2) is 47.4 Å². The predicted molar refractivity (Wildman–Crippen MR) is 130 cm³/mol. The average Bonchev–Trinajstić information content (AvgIpc) is 2.85. The first kappa shape index (κ1) is 28.3. The van der Waals surface area contributed by atoms with E-state index in [4.69, 9.17) is 15.2 Å². The molecule has 1 fully saturated rings. The Kier molecular flexibility index (Phi) is 9.30. The molecule has 1 saturated heterocycles. The molecule has 36 heavy (non-hydrogen) atoms. The fourth-order valence-corrected chi connectivity index (χ4v) is 5.54. The number of rotatable bonds is 10. The first-order chi connectivity index (χ1) is 16.9. The lowest BCUT2D eigenvalue weighted by atomic mass is 10.0. The van der Waals surface area contributed by atoms with Gasteiger partial charge < -0.3 is 15.2 Å². The van der Waals surface area contributed by atoms with Crippen LogP contribution in [0.1, 0.15) is 13.8 Å².